The summed E-state index contributed by atoms with van der Waals surface area (Å²) in [7, 11) is 0. The molecule has 0 atom stereocenters. The van der Waals surface area contributed by atoms with Crippen LogP contribution >= 0.6 is 0 Å². The van der Waals surface area contributed by atoms with Crippen LogP contribution in [-0.2, 0) is 5.54 Å². The van der Waals surface area contributed by atoms with E-state index < -0.39 is 23.0 Å². The second-order valence-electron chi connectivity index (χ2n) is 3.74. The standard InChI is InChI=1S/C8H11FN2O2/c1-8(2,3)11-6(9)5(4-10-11)7(12)13/h4H,1-3H3,(H,12,13). The predicted octanol–water partition coefficient (Wildman–Crippen LogP) is 1.48. The lowest BCUT2D eigenvalue weighted by Gasteiger charge is -2.19. The van der Waals surface area contributed by atoms with Gasteiger partial charge in [0, 0.05) is 0 Å². The summed E-state index contributed by atoms with van der Waals surface area (Å²) in [4.78, 5) is 10.5. The molecule has 0 aromatic carbocycles. The van der Waals surface area contributed by atoms with Crippen LogP contribution in [0, 0.1) is 5.95 Å². The maximum absolute atomic E-state index is 13.3. The first-order valence-electron chi connectivity index (χ1n) is 3.81. The number of carbonyl (C=O) groups is 1. The summed E-state index contributed by atoms with van der Waals surface area (Å²) in [5.74, 6) is -2.10. The predicted molar refractivity (Wildman–Crippen MR) is 44.1 cm³/mol. The highest BCUT2D eigenvalue weighted by atomic mass is 19.1. The summed E-state index contributed by atoms with van der Waals surface area (Å²) in [5.41, 5.74) is -0.937. The molecule has 0 spiro atoms. The largest absolute Gasteiger partial charge is 0.477 e. The molecule has 0 aliphatic heterocycles. The molecule has 0 saturated carbocycles. The van der Waals surface area contributed by atoms with Crippen LogP contribution in [0.1, 0.15) is 31.1 Å². The van der Waals surface area contributed by atoms with E-state index in [0.717, 1.165) is 10.9 Å². The third-order valence-corrected chi connectivity index (χ3v) is 1.58. The molecular formula is C8H11FN2O2. The van der Waals surface area contributed by atoms with Crippen molar-refractivity contribution in [2.75, 3.05) is 0 Å². The van der Waals surface area contributed by atoms with Gasteiger partial charge in [-0.2, -0.15) is 9.49 Å². The molecule has 1 rings (SSSR count). The lowest BCUT2D eigenvalue weighted by molar-refractivity contribution is 0.0690. The summed E-state index contributed by atoms with van der Waals surface area (Å²) in [5, 5.41) is 12.2. The highest BCUT2D eigenvalue weighted by Crippen LogP contribution is 2.17. The highest BCUT2D eigenvalue weighted by molar-refractivity contribution is 5.87. The topological polar surface area (TPSA) is 55.1 Å². The first-order valence-corrected chi connectivity index (χ1v) is 3.81. The van der Waals surface area contributed by atoms with Crippen molar-refractivity contribution in [2.45, 2.75) is 26.3 Å². The second kappa shape index (κ2) is 2.83. The summed E-state index contributed by atoms with van der Waals surface area (Å²) >= 11 is 0. The fourth-order valence-corrected chi connectivity index (χ4v) is 0.945. The molecule has 0 fully saturated rings. The lowest BCUT2D eigenvalue weighted by Crippen LogP contribution is -2.25. The molecule has 4 nitrogen and oxygen atoms in total. The fourth-order valence-electron chi connectivity index (χ4n) is 0.945. The molecule has 1 N–H and O–H groups in total. The van der Waals surface area contributed by atoms with Crippen LogP contribution in [0.15, 0.2) is 6.20 Å². The third kappa shape index (κ3) is 1.68. The second-order valence-corrected chi connectivity index (χ2v) is 3.74. The van der Waals surface area contributed by atoms with Crippen molar-refractivity contribution in [3.63, 3.8) is 0 Å². The van der Waals surface area contributed by atoms with Crippen molar-refractivity contribution in [1.82, 2.24) is 9.78 Å². The van der Waals surface area contributed by atoms with E-state index in [4.69, 9.17) is 5.11 Å². The molecule has 1 aromatic rings. The van der Waals surface area contributed by atoms with Gasteiger partial charge in [-0.15, -0.1) is 0 Å². The van der Waals surface area contributed by atoms with Crippen LogP contribution in [0.2, 0.25) is 0 Å². The molecule has 0 radical (unpaired) electrons. The van der Waals surface area contributed by atoms with E-state index in [-0.39, 0.29) is 0 Å². The van der Waals surface area contributed by atoms with Gasteiger partial charge in [-0.1, -0.05) is 0 Å². The maximum atomic E-state index is 13.3. The van der Waals surface area contributed by atoms with E-state index in [1.165, 1.54) is 0 Å². The minimum absolute atomic E-state index is 0.394. The molecule has 0 unspecified atom stereocenters. The Hall–Kier alpha value is -1.39. The van der Waals surface area contributed by atoms with Crippen molar-refractivity contribution in [1.29, 1.82) is 0 Å². The van der Waals surface area contributed by atoms with Gasteiger partial charge in [0.25, 0.3) is 0 Å². The van der Waals surface area contributed by atoms with Gasteiger partial charge >= 0.3 is 5.97 Å². The summed E-state index contributed by atoms with van der Waals surface area (Å²) in [6.45, 7) is 5.23. The molecular weight excluding hydrogens is 175 g/mol. The Bertz CT molecular complexity index is 338. The summed E-state index contributed by atoms with van der Waals surface area (Å²) in [6.07, 6.45) is 1.02. The fraction of sp³-hybridized carbons (Fsp3) is 0.500. The molecule has 72 valence electrons. The summed E-state index contributed by atoms with van der Waals surface area (Å²) < 4.78 is 14.4. The van der Waals surface area contributed by atoms with Gasteiger partial charge in [-0.25, -0.2) is 9.48 Å². The number of rotatable bonds is 1. The average molecular weight is 186 g/mol. The Morgan fingerprint density at radius 3 is 2.38 bits per heavy atom. The number of halogens is 1. The van der Waals surface area contributed by atoms with Gasteiger partial charge < -0.3 is 5.11 Å². The maximum Gasteiger partial charge on any atom is 0.342 e. The zero-order valence-electron chi connectivity index (χ0n) is 7.71. The number of carboxylic acids is 1. The first-order chi connectivity index (χ1) is 5.84. The Labute approximate surface area is 75.0 Å². The number of aromatic nitrogens is 2. The molecule has 0 aliphatic carbocycles. The Balaban J connectivity index is 3.22. The van der Waals surface area contributed by atoms with Crippen LogP contribution in [0.4, 0.5) is 4.39 Å². The van der Waals surface area contributed by atoms with E-state index in [0.29, 0.717) is 0 Å². The molecule has 1 aromatic heterocycles. The third-order valence-electron chi connectivity index (χ3n) is 1.58. The first kappa shape index (κ1) is 9.70. The van der Waals surface area contributed by atoms with Crippen LogP contribution in [0.5, 0.6) is 0 Å². The summed E-state index contributed by atoms with van der Waals surface area (Å²) in [6, 6.07) is 0. The molecule has 13 heavy (non-hydrogen) atoms. The molecule has 1 heterocycles. The highest BCUT2D eigenvalue weighted by Gasteiger charge is 2.23. The van der Waals surface area contributed by atoms with Gasteiger partial charge in [-0.05, 0) is 20.8 Å². The van der Waals surface area contributed by atoms with Gasteiger partial charge in [0.15, 0.2) is 0 Å². The Morgan fingerprint density at radius 1 is 1.62 bits per heavy atom. The zero-order valence-corrected chi connectivity index (χ0v) is 7.71. The van der Waals surface area contributed by atoms with E-state index >= 15 is 0 Å². The Kier molecular flexibility index (Phi) is 2.11. The lowest BCUT2D eigenvalue weighted by atomic mass is 10.1. The quantitative estimate of drug-likeness (QED) is 0.722. The van der Waals surface area contributed by atoms with E-state index in [1.807, 2.05) is 0 Å². The van der Waals surface area contributed by atoms with Crippen molar-refractivity contribution in [3.05, 3.63) is 17.7 Å². The molecule has 0 saturated heterocycles. The molecule has 0 bridgehead atoms. The number of hydrogen-bond donors (Lipinski definition) is 1. The van der Waals surface area contributed by atoms with Crippen molar-refractivity contribution in [2.24, 2.45) is 0 Å². The van der Waals surface area contributed by atoms with Crippen LogP contribution < -0.4 is 0 Å². The zero-order chi connectivity index (χ0) is 10.2. The normalized spacial score (nSPS) is 11.7. The smallest absolute Gasteiger partial charge is 0.342 e. The minimum atomic E-state index is -1.30. The molecule has 5 heteroatoms. The monoisotopic (exact) mass is 186 g/mol. The van der Waals surface area contributed by atoms with Crippen molar-refractivity contribution >= 4 is 5.97 Å². The molecule has 0 aliphatic rings. The average Bonchev–Trinajstić information content (AvgIpc) is 2.28. The van der Waals surface area contributed by atoms with Gasteiger partial charge in [0.05, 0.1) is 11.7 Å². The van der Waals surface area contributed by atoms with Crippen molar-refractivity contribution < 1.29 is 14.3 Å². The van der Waals surface area contributed by atoms with Gasteiger partial charge in [-0.3, -0.25) is 0 Å². The van der Waals surface area contributed by atoms with E-state index in [1.54, 1.807) is 20.8 Å². The van der Waals surface area contributed by atoms with Crippen LogP contribution in [-0.4, -0.2) is 20.9 Å². The Morgan fingerprint density at radius 2 is 2.15 bits per heavy atom. The number of carboxylic acid groups (broad SMARTS) is 1. The SMILES string of the molecule is CC(C)(C)n1ncc(C(=O)O)c1F. The van der Waals surface area contributed by atoms with E-state index in [2.05, 4.69) is 5.10 Å². The number of aromatic carboxylic acids is 1. The number of nitrogens with zero attached hydrogens (tertiary/aromatic N) is 2. The van der Waals surface area contributed by atoms with Crippen molar-refractivity contribution in [3.8, 4) is 0 Å². The minimum Gasteiger partial charge on any atom is -0.477 e. The molecule has 0 amide bonds. The van der Waals surface area contributed by atoms with Crippen LogP contribution in [0.25, 0.3) is 0 Å². The van der Waals surface area contributed by atoms with Gasteiger partial charge in [0.1, 0.15) is 5.56 Å². The van der Waals surface area contributed by atoms with Crippen LogP contribution in [0.3, 0.4) is 0 Å². The van der Waals surface area contributed by atoms with Gasteiger partial charge in [0.2, 0.25) is 5.95 Å². The van der Waals surface area contributed by atoms with E-state index in [9.17, 15) is 9.18 Å². The number of hydrogen-bond acceptors (Lipinski definition) is 2.